The Hall–Kier alpha value is -2.83. The van der Waals surface area contributed by atoms with Gasteiger partial charge in [0.05, 0.1) is 6.04 Å². The van der Waals surface area contributed by atoms with Crippen LogP contribution in [0, 0.1) is 0 Å². The van der Waals surface area contributed by atoms with Crippen LogP contribution >= 0.6 is 0 Å². The lowest BCUT2D eigenvalue weighted by Crippen LogP contribution is -2.46. The molecule has 4 rings (SSSR count). The maximum Gasteiger partial charge on any atom is 0.244 e. The summed E-state index contributed by atoms with van der Waals surface area (Å²) in [5, 5.41) is 14.1. The van der Waals surface area contributed by atoms with Crippen LogP contribution in [0.5, 0.6) is 11.5 Å². The number of nitrogens with zero attached hydrogens (tertiary/aromatic N) is 1. The quantitative estimate of drug-likeness (QED) is 0.690. The van der Waals surface area contributed by atoms with E-state index >= 15 is 0 Å². The molecule has 30 heavy (non-hydrogen) atoms. The van der Waals surface area contributed by atoms with Gasteiger partial charge in [0, 0.05) is 12.6 Å². The molecule has 6 heteroatoms. The molecule has 2 aromatic rings. The van der Waals surface area contributed by atoms with Crippen LogP contribution in [0.3, 0.4) is 0 Å². The third-order valence-corrected chi connectivity index (χ3v) is 5.50. The first kappa shape index (κ1) is 20.4. The predicted octanol–water partition coefficient (Wildman–Crippen LogP) is 2.79. The van der Waals surface area contributed by atoms with Gasteiger partial charge in [0.2, 0.25) is 5.91 Å². The first-order valence-corrected chi connectivity index (χ1v) is 10.5. The first-order valence-electron chi connectivity index (χ1n) is 10.5. The molecule has 0 unspecified atom stereocenters. The number of rotatable bonds is 7. The highest BCUT2D eigenvalue weighted by Gasteiger charge is 2.27. The van der Waals surface area contributed by atoms with Crippen LogP contribution in [-0.4, -0.2) is 54.8 Å². The van der Waals surface area contributed by atoms with E-state index < -0.39 is 12.1 Å². The van der Waals surface area contributed by atoms with Gasteiger partial charge in [-0.1, -0.05) is 36.4 Å². The lowest BCUT2D eigenvalue weighted by molar-refractivity contribution is -0.118. The summed E-state index contributed by atoms with van der Waals surface area (Å²) in [6.45, 7) is 3.59. The van der Waals surface area contributed by atoms with Crippen molar-refractivity contribution in [2.24, 2.45) is 0 Å². The average Bonchev–Trinajstić information content (AvgIpc) is 3.30. The molecule has 2 heterocycles. The molecule has 158 valence electrons. The Morgan fingerprint density at radius 2 is 1.80 bits per heavy atom. The zero-order valence-electron chi connectivity index (χ0n) is 17.0. The minimum absolute atomic E-state index is 0.223. The lowest BCUT2D eigenvalue weighted by Gasteiger charge is -2.29. The van der Waals surface area contributed by atoms with Crippen molar-refractivity contribution in [2.45, 2.75) is 25.0 Å². The number of hydrogen-bond donors (Lipinski definition) is 2. The number of aliphatic hydroxyl groups is 1. The summed E-state index contributed by atoms with van der Waals surface area (Å²) in [6.07, 6.45) is 4.74. The molecule has 0 spiro atoms. The molecule has 0 saturated carbocycles. The number of aliphatic hydroxyl groups excluding tert-OH is 1. The molecule has 2 atom stereocenters. The number of carbonyl (C=O) groups is 1. The van der Waals surface area contributed by atoms with Gasteiger partial charge < -0.3 is 24.8 Å². The molecule has 0 aliphatic carbocycles. The van der Waals surface area contributed by atoms with E-state index in [1.807, 2.05) is 48.5 Å². The molecule has 1 fully saturated rings. The van der Waals surface area contributed by atoms with Gasteiger partial charge in [-0.25, -0.2) is 0 Å². The number of ether oxygens (including phenoxy) is 2. The smallest absolute Gasteiger partial charge is 0.244 e. The Balaban J connectivity index is 1.48. The Labute approximate surface area is 177 Å². The molecule has 0 bridgehead atoms. The average molecular weight is 408 g/mol. The number of fused-ring (bicyclic) bond motifs is 1. The minimum Gasteiger partial charge on any atom is -0.486 e. The molecule has 0 aromatic heterocycles. The fourth-order valence-corrected chi connectivity index (χ4v) is 3.91. The summed E-state index contributed by atoms with van der Waals surface area (Å²) in [5.74, 6) is 1.09. The summed E-state index contributed by atoms with van der Waals surface area (Å²) >= 11 is 0. The van der Waals surface area contributed by atoms with Crippen LogP contribution in [0.15, 0.2) is 54.6 Å². The van der Waals surface area contributed by atoms with Crippen molar-refractivity contribution in [1.82, 2.24) is 10.2 Å². The van der Waals surface area contributed by atoms with E-state index in [9.17, 15) is 9.90 Å². The molecule has 0 radical (unpaired) electrons. The first-order chi connectivity index (χ1) is 14.7. The molecule has 2 aliphatic rings. The summed E-state index contributed by atoms with van der Waals surface area (Å²) in [5.41, 5.74) is 1.66. The van der Waals surface area contributed by atoms with E-state index in [4.69, 9.17) is 9.47 Å². The highest BCUT2D eigenvalue weighted by Crippen LogP contribution is 2.33. The highest BCUT2D eigenvalue weighted by atomic mass is 16.6. The summed E-state index contributed by atoms with van der Waals surface area (Å²) in [7, 11) is 0. The number of nitrogens with one attached hydrogen (secondary N) is 1. The van der Waals surface area contributed by atoms with Gasteiger partial charge in [-0.3, -0.25) is 4.79 Å². The molecule has 1 amide bonds. The van der Waals surface area contributed by atoms with Crippen LogP contribution in [0.2, 0.25) is 0 Å². The van der Waals surface area contributed by atoms with E-state index in [0.717, 1.165) is 31.5 Å². The molecule has 2 aromatic carbocycles. The fraction of sp³-hybridized carbons (Fsp3) is 0.375. The summed E-state index contributed by atoms with van der Waals surface area (Å²) in [4.78, 5) is 14.9. The zero-order valence-corrected chi connectivity index (χ0v) is 17.0. The van der Waals surface area contributed by atoms with Gasteiger partial charge >= 0.3 is 0 Å². The van der Waals surface area contributed by atoms with Crippen molar-refractivity contribution in [3.05, 3.63) is 65.7 Å². The molecule has 6 nitrogen and oxygen atoms in total. The second-order valence-electron chi connectivity index (χ2n) is 7.71. The van der Waals surface area contributed by atoms with E-state index in [1.165, 1.54) is 6.08 Å². The topological polar surface area (TPSA) is 71.0 Å². The third-order valence-electron chi connectivity index (χ3n) is 5.50. The van der Waals surface area contributed by atoms with E-state index in [1.54, 1.807) is 6.08 Å². The van der Waals surface area contributed by atoms with E-state index in [-0.39, 0.29) is 5.91 Å². The number of likely N-dealkylation sites (tertiary alicyclic amines) is 1. The zero-order chi connectivity index (χ0) is 20.8. The SMILES string of the molecule is O=C(/C=C/c1ccccc1)N[C@H](CN1CCCC1)[C@@H](O)c1ccc2c(c1)OCCO2. The van der Waals surface area contributed by atoms with Gasteiger partial charge in [0.25, 0.3) is 0 Å². The maximum absolute atomic E-state index is 12.6. The summed E-state index contributed by atoms with van der Waals surface area (Å²) in [6, 6.07) is 14.7. The van der Waals surface area contributed by atoms with Crippen LogP contribution in [0.25, 0.3) is 6.08 Å². The Kier molecular flexibility index (Phi) is 6.67. The second-order valence-corrected chi connectivity index (χ2v) is 7.71. The largest absolute Gasteiger partial charge is 0.486 e. The Morgan fingerprint density at radius 1 is 1.07 bits per heavy atom. The van der Waals surface area contributed by atoms with Crippen molar-refractivity contribution in [2.75, 3.05) is 32.8 Å². The molecule has 2 N–H and O–H groups in total. The Morgan fingerprint density at radius 3 is 2.57 bits per heavy atom. The third kappa shape index (κ3) is 5.20. The molecule has 2 aliphatic heterocycles. The summed E-state index contributed by atoms with van der Waals surface area (Å²) < 4.78 is 11.2. The molecule has 1 saturated heterocycles. The minimum atomic E-state index is -0.851. The highest BCUT2D eigenvalue weighted by molar-refractivity contribution is 5.92. The van der Waals surface area contributed by atoms with Gasteiger partial charge in [-0.05, 0) is 55.3 Å². The van der Waals surface area contributed by atoms with Crippen molar-refractivity contribution in [3.63, 3.8) is 0 Å². The van der Waals surface area contributed by atoms with Crippen LogP contribution in [0.1, 0.15) is 30.1 Å². The molecular formula is C24H28N2O4. The van der Waals surface area contributed by atoms with Crippen molar-refractivity contribution < 1.29 is 19.4 Å². The molecular weight excluding hydrogens is 380 g/mol. The van der Waals surface area contributed by atoms with Crippen LogP contribution in [-0.2, 0) is 4.79 Å². The Bertz CT molecular complexity index is 878. The number of amides is 1. The monoisotopic (exact) mass is 408 g/mol. The number of hydrogen-bond acceptors (Lipinski definition) is 5. The van der Waals surface area contributed by atoms with Gasteiger partial charge in [0.1, 0.15) is 19.3 Å². The predicted molar refractivity (Wildman–Crippen MR) is 115 cm³/mol. The normalized spacial score (nSPS) is 18.3. The fourth-order valence-electron chi connectivity index (χ4n) is 3.91. The maximum atomic E-state index is 12.6. The van der Waals surface area contributed by atoms with Gasteiger partial charge in [-0.15, -0.1) is 0 Å². The number of benzene rings is 2. The van der Waals surface area contributed by atoms with Crippen molar-refractivity contribution >= 4 is 12.0 Å². The number of carbonyl (C=O) groups excluding carboxylic acids is 1. The standard InChI is InChI=1S/C24H28N2O4/c27-23(11-8-18-6-2-1-3-7-18)25-20(17-26-12-4-5-13-26)24(28)19-9-10-21-22(16-19)30-15-14-29-21/h1-3,6-11,16,20,24,28H,4-5,12-15,17H2,(H,25,27)/b11-8+/t20-,24+/m1/s1. The van der Waals surface area contributed by atoms with Crippen molar-refractivity contribution in [3.8, 4) is 11.5 Å². The van der Waals surface area contributed by atoms with Crippen LogP contribution in [0.4, 0.5) is 0 Å². The second kappa shape index (κ2) is 9.78. The van der Waals surface area contributed by atoms with Gasteiger partial charge in [0.15, 0.2) is 11.5 Å². The van der Waals surface area contributed by atoms with E-state index in [2.05, 4.69) is 10.2 Å². The van der Waals surface area contributed by atoms with E-state index in [0.29, 0.717) is 36.8 Å². The van der Waals surface area contributed by atoms with Crippen molar-refractivity contribution in [1.29, 1.82) is 0 Å². The van der Waals surface area contributed by atoms with Gasteiger partial charge in [-0.2, -0.15) is 0 Å². The van der Waals surface area contributed by atoms with Crippen LogP contribution < -0.4 is 14.8 Å². The lowest BCUT2D eigenvalue weighted by atomic mass is 10.0.